The maximum atomic E-state index is 13.1. The van der Waals surface area contributed by atoms with Crippen LogP contribution in [0.3, 0.4) is 0 Å². The van der Waals surface area contributed by atoms with Crippen molar-refractivity contribution in [1.29, 1.82) is 10.7 Å². The summed E-state index contributed by atoms with van der Waals surface area (Å²) in [5.41, 5.74) is 1.17. The Hall–Kier alpha value is -3.31. The SMILES string of the molecule is CC(=N)[C@H](C#N)C(=O)CSc1nc2ccccc2c(=O)n1-c1cc(C)ccn1. The van der Waals surface area contributed by atoms with Gasteiger partial charge < -0.3 is 5.41 Å². The standard InChI is InChI=1S/C20H17N5O2S/c1-12-7-8-23-18(9-12)25-19(27)14-5-3-4-6-16(14)24-20(25)28-11-17(26)15(10-21)13(2)22/h3-9,15,22H,11H2,1-2H3/t15-/m0/s1. The Morgan fingerprint density at radius 3 is 2.79 bits per heavy atom. The Morgan fingerprint density at radius 2 is 2.11 bits per heavy atom. The highest BCUT2D eigenvalue weighted by Gasteiger charge is 2.22. The Morgan fingerprint density at radius 1 is 1.36 bits per heavy atom. The van der Waals surface area contributed by atoms with Crippen LogP contribution in [0.15, 0.2) is 52.5 Å². The quantitative estimate of drug-likeness (QED) is 0.393. The van der Waals surface area contributed by atoms with Gasteiger partial charge in [-0.05, 0) is 43.7 Å². The smallest absolute Gasteiger partial charge is 0.267 e. The number of fused-ring (bicyclic) bond motifs is 1. The molecule has 0 aliphatic heterocycles. The number of Topliss-reactive ketones (excluding diaryl/α,β-unsaturated/α-hetero) is 1. The summed E-state index contributed by atoms with van der Waals surface area (Å²) in [4.78, 5) is 34.3. The molecule has 1 atom stereocenters. The van der Waals surface area contributed by atoms with Crippen molar-refractivity contribution in [1.82, 2.24) is 14.5 Å². The van der Waals surface area contributed by atoms with Crippen molar-refractivity contribution in [3.8, 4) is 11.9 Å². The summed E-state index contributed by atoms with van der Waals surface area (Å²) in [5.74, 6) is -1.15. The van der Waals surface area contributed by atoms with Gasteiger partial charge in [0.1, 0.15) is 11.7 Å². The molecule has 28 heavy (non-hydrogen) atoms. The number of ketones is 1. The highest BCUT2D eigenvalue weighted by molar-refractivity contribution is 7.99. The Labute approximate surface area is 165 Å². The van der Waals surface area contributed by atoms with Crippen LogP contribution in [0, 0.1) is 29.6 Å². The molecule has 0 saturated heterocycles. The first-order valence-corrected chi connectivity index (χ1v) is 9.46. The van der Waals surface area contributed by atoms with Crippen LogP contribution in [0.25, 0.3) is 16.7 Å². The highest BCUT2D eigenvalue weighted by Crippen LogP contribution is 2.22. The van der Waals surface area contributed by atoms with Gasteiger partial charge in [0.25, 0.3) is 5.56 Å². The van der Waals surface area contributed by atoms with Gasteiger partial charge in [0.05, 0.1) is 22.7 Å². The Balaban J connectivity index is 2.09. The van der Waals surface area contributed by atoms with E-state index < -0.39 is 11.7 Å². The van der Waals surface area contributed by atoms with Crippen LogP contribution in [0.1, 0.15) is 12.5 Å². The lowest BCUT2D eigenvalue weighted by atomic mass is 10.0. The Bertz CT molecular complexity index is 1180. The van der Waals surface area contributed by atoms with Gasteiger partial charge in [-0.3, -0.25) is 9.59 Å². The number of hydrogen-bond acceptors (Lipinski definition) is 7. The van der Waals surface area contributed by atoms with E-state index in [1.165, 1.54) is 11.5 Å². The first-order valence-electron chi connectivity index (χ1n) is 8.47. The second kappa shape index (κ2) is 8.15. The van der Waals surface area contributed by atoms with Crippen molar-refractivity contribution < 1.29 is 4.79 Å². The number of benzene rings is 1. The number of thioether (sulfide) groups is 1. The van der Waals surface area contributed by atoms with E-state index in [0.29, 0.717) is 21.9 Å². The maximum Gasteiger partial charge on any atom is 0.267 e. The van der Waals surface area contributed by atoms with Gasteiger partial charge in [-0.1, -0.05) is 23.9 Å². The fraction of sp³-hybridized carbons (Fsp3) is 0.200. The predicted octanol–water partition coefficient (Wildman–Crippen LogP) is 2.93. The van der Waals surface area contributed by atoms with Crippen LogP contribution in [0.4, 0.5) is 0 Å². The normalized spacial score (nSPS) is 11.8. The monoisotopic (exact) mass is 391 g/mol. The van der Waals surface area contributed by atoms with E-state index in [4.69, 9.17) is 10.7 Å². The van der Waals surface area contributed by atoms with Gasteiger partial charge in [0.2, 0.25) is 0 Å². The molecule has 3 rings (SSSR count). The zero-order valence-electron chi connectivity index (χ0n) is 15.3. The molecule has 2 heterocycles. The largest absolute Gasteiger partial charge is 0.308 e. The minimum Gasteiger partial charge on any atom is -0.308 e. The van der Waals surface area contributed by atoms with Crippen LogP contribution in [0.5, 0.6) is 0 Å². The fourth-order valence-corrected chi connectivity index (χ4v) is 3.59. The number of hydrogen-bond donors (Lipinski definition) is 1. The number of carbonyl (C=O) groups excluding carboxylic acids is 1. The molecule has 0 radical (unpaired) electrons. The number of nitrogens with one attached hydrogen (secondary N) is 1. The molecular weight excluding hydrogens is 374 g/mol. The molecule has 0 aliphatic carbocycles. The minimum absolute atomic E-state index is 0.00249. The van der Waals surface area contributed by atoms with Crippen molar-refractivity contribution in [2.45, 2.75) is 19.0 Å². The summed E-state index contributed by atoms with van der Waals surface area (Å²) in [6.45, 7) is 3.32. The van der Waals surface area contributed by atoms with Gasteiger partial charge in [-0.25, -0.2) is 14.5 Å². The van der Waals surface area contributed by atoms with E-state index in [-0.39, 0.29) is 17.0 Å². The molecule has 3 aromatic rings. The molecule has 7 nitrogen and oxygen atoms in total. The molecule has 0 spiro atoms. The number of rotatable bonds is 6. The van der Waals surface area contributed by atoms with Crippen LogP contribution in [0.2, 0.25) is 0 Å². The van der Waals surface area contributed by atoms with Crippen LogP contribution >= 0.6 is 11.8 Å². The number of pyridine rings is 1. The number of carbonyl (C=O) groups is 1. The second-order valence-electron chi connectivity index (χ2n) is 6.24. The summed E-state index contributed by atoms with van der Waals surface area (Å²) in [6.07, 6.45) is 1.61. The van der Waals surface area contributed by atoms with Crippen molar-refractivity contribution in [2.24, 2.45) is 5.92 Å². The average Bonchev–Trinajstić information content (AvgIpc) is 2.66. The summed E-state index contributed by atoms with van der Waals surface area (Å²) in [6, 6.07) is 12.4. The third-order valence-electron chi connectivity index (χ3n) is 4.10. The molecule has 0 fully saturated rings. The average molecular weight is 391 g/mol. The van der Waals surface area contributed by atoms with Crippen molar-refractivity contribution in [2.75, 3.05) is 5.75 Å². The second-order valence-corrected chi connectivity index (χ2v) is 7.19. The molecule has 2 aromatic heterocycles. The lowest BCUT2D eigenvalue weighted by Crippen LogP contribution is -2.25. The van der Waals surface area contributed by atoms with E-state index in [2.05, 4.69) is 9.97 Å². The molecular formula is C20H17N5O2S. The molecule has 0 bridgehead atoms. The van der Waals surface area contributed by atoms with Crippen molar-refractivity contribution in [3.05, 3.63) is 58.5 Å². The zero-order valence-corrected chi connectivity index (χ0v) is 16.2. The van der Waals surface area contributed by atoms with E-state index in [1.807, 2.05) is 19.1 Å². The molecule has 0 aliphatic rings. The van der Waals surface area contributed by atoms with Crippen molar-refractivity contribution >= 4 is 34.2 Å². The fourth-order valence-electron chi connectivity index (χ4n) is 2.68. The third kappa shape index (κ3) is 3.85. The molecule has 140 valence electrons. The summed E-state index contributed by atoms with van der Waals surface area (Å²) in [5, 5.41) is 17.4. The van der Waals surface area contributed by atoms with Gasteiger partial charge in [-0.15, -0.1) is 0 Å². The summed E-state index contributed by atoms with van der Waals surface area (Å²) in [7, 11) is 0. The lowest BCUT2D eigenvalue weighted by molar-refractivity contribution is -0.117. The Kier molecular flexibility index (Phi) is 5.66. The van der Waals surface area contributed by atoms with Crippen LogP contribution in [-0.4, -0.2) is 31.8 Å². The summed E-state index contributed by atoms with van der Waals surface area (Å²) >= 11 is 1.06. The number of aryl methyl sites for hydroxylation is 1. The molecule has 0 amide bonds. The van der Waals surface area contributed by atoms with Gasteiger partial charge in [0.15, 0.2) is 10.9 Å². The number of para-hydroxylation sites is 1. The van der Waals surface area contributed by atoms with E-state index in [0.717, 1.165) is 17.3 Å². The van der Waals surface area contributed by atoms with Gasteiger partial charge in [-0.2, -0.15) is 5.26 Å². The third-order valence-corrected chi connectivity index (χ3v) is 5.06. The van der Waals surface area contributed by atoms with E-state index in [1.54, 1.807) is 36.5 Å². The van der Waals surface area contributed by atoms with Crippen LogP contribution < -0.4 is 5.56 Å². The first-order chi connectivity index (χ1) is 13.4. The topological polar surface area (TPSA) is 112 Å². The lowest BCUT2D eigenvalue weighted by Gasteiger charge is -2.13. The molecule has 1 aromatic carbocycles. The highest BCUT2D eigenvalue weighted by atomic mass is 32.2. The van der Waals surface area contributed by atoms with Gasteiger partial charge >= 0.3 is 0 Å². The number of nitriles is 1. The number of aromatic nitrogens is 3. The molecule has 8 heteroatoms. The van der Waals surface area contributed by atoms with Crippen molar-refractivity contribution in [3.63, 3.8) is 0 Å². The van der Waals surface area contributed by atoms with Crippen LogP contribution in [-0.2, 0) is 4.79 Å². The maximum absolute atomic E-state index is 13.1. The van der Waals surface area contributed by atoms with E-state index >= 15 is 0 Å². The predicted molar refractivity (Wildman–Crippen MR) is 108 cm³/mol. The van der Waals surface area contributed by atoms with E-state index in [9.17, 15) is 9.59 Å². The first kappa shape index (κ1) is 19.5. The van der Waals surface area contributed by atoms with Gasteiger partial charge in [0, 0.05) is 11.9 Å². The number of nitrogens with zero attached hydrogens (tertiary/aromatic N) is 4. The minimum atomic E-state index is -1.09. The molecule has 1 N–H and O–H groups in total. The molecule has 0 saturated carbocycles. The summed E-state index contributed by atoms with van der Waals surface area (Å²) < 4.78 is 1.38. The zero-order chi connectivity index (χ0) is 20.3. The molecule has 0 unspecified atom stereocenters.